The van der Waals surface area contributed by atoms with E-state index >= 15 is 0 Å². The van der Waals surface area contributed by atoms with Crippen molar-refractivity contribution >= 4 is 28.1 Å². The summed E-state index contributed by atoms with van der Waals surface area (Å²) in [5.41, 5.74) is 2.36. The Morgan fingerprint density at radius 3 is 2.30 bits per heavy atom. The fourth-order valence-corrected chi connectivity index (χ4v) is 5.70. The Kier molecular flexibility index (Phi) is 8.81. The minimum absolute atomic E-state index is 0.0892. The third-order valence-electron chi connectivity index (χ3n) is 7.04. The molecule has 1 heterocycles. The van der Waals surface area contributed by atoms with Crippen LogP contribution in [0.2, 0.25) is 0 Å². The third kappa shape index (κ3) is 5.36. The molecule has 0 aromatic heterocycles. The van der Waals surface area contributed by atoms with Crippen molar-refractivity contribution in [2.75, 3.05) is 40.1 Å². The van der Waals surface area contributed by atoms with Crippen LogP contribution in [0.5, 0.6) is 28.7 Å². The number of ether oxygens (including phenoxy) is 5. The topological polar surface area (TPSA) is 113 Å². The minimum atomic E-state index is -0.570. The summed E-state index contributed by atoms with van der Waals surface area (Å²) in [6, 6.07) is 6.69. The molecule has 0 spiro atoms. The number of benzene rings is 2. The average molecular weight is 578 g/mol. The summed E-state index contributed by atoms with van der Waals surface area (Å²) >= 11 is 3.40. The van der Waals surface area contributed by atoms with Gasteiger partial charge in [-0.05, 0) is 53.8 Å². The summed E-state index contributed by atoms with van der Waals surface area (Å²) in [5, 5.41) is 14.5. The van der Waals surface area contributed by atoms with E-state index < -0.39 is 17.9 Å². The number of carbonyl (C=O) groups excluding carboxylic acids is 2. The van der Waals surface area contributed by atoms with Crippen molar-refractivity contribution in [3.63, 3.8) is 0 Å². The van der Waals surface area contributed by atoms with Crippen LogP contribution in [0.1, 0.15) is 47.9 Å². The van der Waals surface area contributed by atoms with Crippen molar-refractivity contribution in [1.82, 2.24) is 5.32 Å². The summed E-state index contributed by atoms with van der Waals surface area (Å²) in [6.07, 6.45) is 2.93. The highest BCUT2D eigenvalue weighted by atomic mass is 79.9. The van der Waals surface area contributed by atoms with Crippen LogP contribution < -0.4 is 24.3 Å². The molecule has 4 atom stereocenters. The van der Waals surface area contributed by atoms with E-state index in [1.165, 1.54) is 14.2 Å². The molecular formula is C27H32BrNO8. The fourth-order valence-electron chi connectivity index (χ4n) is 5.30. The fraction of sp³-hybridized carbons (Fsp3) is 0.481. The number of alkyl halides is 1. The van der Waals surface area contributed by atoms with Gasteiger partial charge in [0, 0.05) is 36.6 Å². The van der Waals surface area contributed by atoms with Crippen molar-refractivity contribution < 1.29 is 38.4 Å². The molecule has 0 bridgehead atoms. The number of phenols is 1. The molecule has 9 nitrogen and oxygen atoms in total. The first-order chi connectivity index (χ1) is 18.0. The third-order valence-corrected chi connectivity index (χ3v) is 7.60. The van der Waals surface area contributed by atoms with Crippen molar-refractivity contribution in [3.8, 4) is 28.7 Å². The van der Waals surface area contributed by atoms with Gasteiger partial charge in [-0.1, -0.05) is 15.9 Å². The lowest BCUT2D eigenvalue weighted by Gasteiger charge is -2.42. The predicted molar refractivity (Wildman–Crippen MR) is 139 cm³/mol. The first kappa shape index (κ1) is 27.1. The largest absolute Gasteiger partial charge is 0.502 e. The number of hydrogen-bond donors (Lipinski definition) is 2. The number of unbranched alkanes of at least 4 members (excludes halogenated alkanes) is 1. The zero-order valence-electron chi connectivity index (χ0n) is 21.1. The Labute approximate surface area is 224 Å². The molecular weight excluding hydrogens is 546 g/mol. The first-order valence-electron chi connectivity index (χ1n) is 12.1. The zero-order chi connectivity index (χ0) is 26.5. The van der Waals surface area contributed by atoms with Crippen molar-refractivity contribution in [1.29, 1.82) is 0 Å². The van der Waals surface area contributed by atoms with Crippen molar-refractivity contribution in [2.24, 2.45) is 11.8 Å². The smallest absolute Gasteiger partial charge is 0.231 e. The quantitative estimate of drug-likeness (QED) is 0.233. The summed E-state index contributed by atoms with van der Waals surface area (Å²) < 4.78 is 27.7. The van der Waals surface area contributed by atoms with E-state index in [9.17, 15) is 14.7 Å². The van der Waals surface area contributed by atoms with Crippen LogP contribution in [0.3, 0.4) is 0 Å². The highest BCUT2D eigenvalue weighted by Crippen LogP contribution is 2.53. The Balaban J connectivity index is 1.87. The number of aromatic hydroxyl groups is 1. The van der Waals surface area contributed by atoms with Gasteiger partial charge >= 0.3 is 0 Å². The number of fused-ring (bicyclic) bond motifs is 2. The van der Waals surface area contributed by atoms with Gasteiger partial charge in [0.05, 0.1) is 26.9 Å². The standard InChI is InChI=1S/C27H32BrNO8/c1-33-13-19-18(12-30)25(15-8-22(34-2)27(32)23(9-15)35-3)16-10-20-21(37-14-36-20)11-17(16)26(19)29-24(31)6-4-5-7-28/h8-12,18-19,25-26,32H,4-7,13-14H2,1-3H3,(H,29,31)/t18?,19-,25?,26+/m0/s1. The van der Waals surface area contributed by atoms with E-state index in [0.29, 0.717) is 23.5 Å². The van der Waals surface area contributed by atoms with Gasteiger partial charge in [-0.3, -0.25) is 4.79 Å². The van der Waals surface area contributed by atoms with Crippen LogP contribution in [-0.2, 0) is 14.3 Å². The Hall–Kier alpha value is -2.98. The number of rotatable bonds is 11. The molecule has 2 aromatic carbocycles. The van der Waals surface area contributed by atoms with Gasteiger partial charge in [-0.15, -0.1) is 0 Å². The molecule has 1 amide bonds. The van der Waals surface area contributed by atoms with Crippen molar-refractivity contribution in [3.05, 3.63) is 41.0 Å². The highest BCUT2D eigenvalue weighted by molar-refractivity contribution is 9.09. The number of aldehydes is 1. The van der Waals surface area contributed by atoms with E-state index in [1.807, 2.05) is 12.1 Å². The van der Waals surface area contributed by atoms with Gasteiger partial charge in [-0.2, -0.15) is 0 Å². The number of nitrogens with one attached hydrogen (secondary N) is 1. The van der Waals surface area contributed by atoms with Crippen LogP contribution in [0.25, 0.3) is 0 Å². The average Bonchev–Trinajstić information content (AvgIpc) is 3.36. The zero-order valence-corrected chi connectivity index (χ0v) is 22.7. The number of carbonyl (C=O) groups is 2. The second kappa shape index (κ2) is 12.0. The highest BCUT2D eigenvalue weighted by Gasteiger charge is 2.45. The normalized spacial score (nSPS) is 21.7. The minimum Gasteiger partial charge on any atom is -0.502 e. The van der Waals surface area contributed by atoms with E-state index in [2.05, 4.69) is 21.2 Å². The first-order valence-corrected chi connectivity index (χ1v) is 13.3. The monoisotopic (exact) mass is 577 g/mol. The molecule has 10 heteroatoms. The van der Waals surface area contributed by atoms with E-state index in [0.717, 1.165) is 35.6 Å². The number of halogens is 1. The summed E-state index contributed by atoms with van der Waals surface area (Å²) in [5.74, 6) is -0.000134. The lowest BCUT2D eigenvalue weighted by molar-refractivity contribution is -0.124. The van der Waals surface area contributed by atoms with Gasteiger partial charge in [0.15, 0.2) is 23.0 Å². The molecule has 2 aliphatic rings. The lowest BCUT2D eigenvalue weighted by Crippen LogP contribution is -2.44. The number of amides is 1. The molecule has 0 saturated carbocycles. The maximum absolute atomic E-state index is 13.0. The second-order valence-corrected chi connectivity index (χ2v) is 9.90. The molecule has 1 aliphatic carbocycles. The van der Waals surface area contributed by atoms with Crippen LogP contribution in [0, 0.1) is 11.8 Å². The Morgan fingerprint density at radius 2 is 1.73 bits per heavy atom. The van der Waals surface area contributed by atoms with Gasteiger partial charge in [-0.25, -0.2) is 0 Å². The molecule has 37 heavy (non-hydrogen) atoms. The summed E-state index contributed by atoms with van der Waals surface area (Å²) in [7, 11) is 4.49. The predicted octanol–water partition coefficient (Wildman–Crippen LogP) is 4.08. The second-order valence-electron chi connectivity index (χ2n) is 9.11. The van der Waals surface area contributed by atoms with Crippen LogP contribution >= 0.6 is 15.9 Å². The van der Waals surface area contributed by atoms with Crippen LogP contribution in [-0.4, -0.2) is 57.4 Å². The molecule has 1 aliphatic heterocycles. The molecule has 2 aromatic rings. The van der Waals surface area contributed by atoms with Crippen molar-refractivity contribution in [2.45, 2.75) is 31.2 Å². The SMILES string of the molecule is COC[C@H]1C(C=O)C(c2cc(OC)c(O)c(OC)c2)c2cc3c(cc2[C@H]1NC(=O)CCCCBr)OCO3. The molecule has 200 valence electrons. The van der Waals surface area contributed by atoms with Crippen LogP contribution in [0.15, 0.2) is 24.3 Å². The Morgan fingerprint density at radius 1 is 1.08 bits per heavy atom. The van der Waals surface area contributed by atoms with Gasteiger partial charge < -0.3 is 38.9 Å². The van der Waals surface area contributed by atoms with Crippen LogP contribution in [0.4, 0.5) is 0 Å². The molecule has 0 saturated heterocycles. The lowest BCUT2D eigenvalue weighted by atomic mass is 9.64. The summed E-state index contributed by atoms with van der Waals surface area (Å²) in [4.78, 5) is 25.7. The van der Waals surface area contributed by atoms with Gasteiger partial charge in [0.25, 0.3) is 0 Å². The molecule has 2 N–H and O–H groups in total. The molecule has 4 rings (SSSR count). The summed E-state index contributed by atoms with van der Waals surface area (Å²) in [6.45, 7) is 0.332. The maximum Gasteiger partial charge on any atom is 0.231 e. The van der Waals surface area contributed by atoms with E-state index in [-0.39, 0.29) is 42.5 Å². The van der Waals surface area contributed by atoms with E-state index in [1.54, 1.807) is 19.2 Å². The maximum atomic E-state index is 13.0. The number of phenolic OH excluding ortho intramolecular Hbond substituents is 1. The molecule has 0 fully saturated rings. The number of methoxy groups -OCH3 is 3. The molecule has 2 unspecified atom stereocenters. The van der Waals surface area contributed by atoms with E-state index in [4.69, 9.17) is 23.7 Å². The molecule has 0 radical (unpaired) electrons. The van der Waals surface area contributed by atoms with Gasteiger partial charge in [0.1, 0.15) is 6.29 Å². The Bertz CT molecular complexity index is 1110. The number of hydrogen-bond acceptors (Lipinski definition) is 8. The van der Waals surface area contributed by atoms with Gasteiger partial charge in [0.2, 0.25) is 18.4 Å².